The molecule has 1 heterocycles. The number of halogens is 2. The van der Waals surface area contributed by atoms with Gasteiger partial charge in [-0.05, 0) is 75.2 Å². The molecule has 2 aromatic rings. The van der Waals surface area contributed by atoms with Gasteiger partial charge in [-0.25, -0.2) is 0 Å². The molecule has 1 amide bonds. The quantitative estimate of drug-likeness (QED) is 0.515. The number of nitrogens with two attached hydrogens (primary N) is 1. The van der Waals surface area contributed by atoms with Crippen molar-refractivity contribution in [2.24, 2.45) is 11.7 Å². The zero-order valence-electron chi connectivity index (χ0n) is 18.2. The van der Waals surface area contributed by atoms with Crippen LogP contribution in [0.2, 0.25) is 0 Å². The molecule has 0 spiro atoms. The first-order valence-electron chi connectivity index (χ1n) is 11.0. The standard InChI is InChI=1S/C25H35N3O.2ClH/c26-24(20-22-11-5-2-6-12-22)25(29)27-15-7-8-16-28-17-13-23(14-18-28)19-21-9-3-1-4-10-21;;/h1-6,9-12,23-24H,7-8,13-20,26H2,(H,27,29);2*1H. The zero-order chi connectivity index (χ0) is 20.3. The molecular weight excluding hydrogens is 429 g/mol. The molecule has 0 aromatic heterocycles. The van der Waals surface area contributed by atoms with Gasteiger partial charge in [-0.2, -0.15) is 0 Å². The lowest BCUT2D eigenvalue weighted by Gasteiger charge is -2.32. The van der Waals surface area contributed by atoms with Crippen molar-refractivity contribution in [3.05, 3.63) is 71.8 Å². The van der Waals surface area contributed by atoms with E-state index in [4.69, 9.17) is 5.73 Å². The molecule has 1 aliphatic heterocycles. The summed E-state index contributed by atoms with van der Waals surface area (Å²) < 4.78 is 0. The third-order valence-corrected chi connectivity index (χ3v) is 5.91. The highest BCUT2D eigenvalue weighted by atomic mass is 35.5. The minimum Gasteiger partial charge on any atom is -0.355 e. The Hall–Kier alpha value is -1.59. The fourth-order valence-corrected chi connectivity index (χ4v) is 4.13. The number of rotatable bonds is 10. The molecule has 0 saturated carbocycles. The molecule has 1 atom stereocenters. The summed E-state index contributed by atoms with van der Waals surface area (Å²) in [6.07, 6.45) is 6.51. The summed E-state index contributed by atoms with van der Waals surface area (Å²) >= 11 is 0. The number of nitrogens with one attached hydrogen (secondary N) is 1. The third kappa shape index (κ3) is 10.0. The van der Waals surface area contributed by atoms with E-state index in [1.165, 1.54) is 37.9 Å². The minimum absolute atomic E-state index is 0. The van der Waals surface area contributed by atoms with E-state index in [0.717, 1.165) is 30.9 Å². The summed E-state index contributed by atoms with van der Waals surface area (Å²) in [6.45, 7) is 4.24. The summed E-state index contributed by atoms with van der Waals surface area (Å²) in [7, 11) is 0. The molecule has 1 aliphatic rings. The Morgan fingerprint density at radius 3 is 2.13 bits per heavy atom. The van der Waals surface area contributed by atoms with Crippen molar-refractivity contribution < 1.29 is 4.79 Å². The van der Waals surface area contributed by atoms with Crippen molar-refractivity contribution in [3.63, 3.8) is 0 Å². The molecule has 1 saturated heterocycles. The number of unbranched alkanes of at least 4 members (excludes halogenated alkanes) is 1. The maximum Gasteiger partial charge on any atom is 0.237 e. The fraction of sp³-hybridized carbons (Fsp3) is 0.480. The van der Waals surface area contributed by atoms with Crippen LogP contribution < -0.4 is 11.1 Å². The number of carbonyl (C=O) groups excluding carboxylic acids is 1. The first-order valence-corrected chi connectivity index (χ1v) is 11.0. The molecule has 0 bridgehead atoms. The van der Waals surface area contributed by atoms with Gasteiger partial charge in [0.1, 0.15) is 0 Å². The maximum atomic E-state index is 12.2. The summed E-state index contributed by atoms with van der Waals surface area (Å²) in [4.78, 5) is 14.7. The van der Waals surface area contributed by atoms with Gasteiger partial charge in [-0.3, -0.25) is 4.79 Å². The first kappa shape index (κ1) is 27.4. The van der Waals surface area contributed by atoms with Crippen molar-refractivity contribution >= 4 is 30.7 Å². The third-order valence-electron chi connectivity index (χ3n) is 5.91. The molecule has 0 aliphatic carbocycles. The Morgan fingerprint density at radius 2 is 1.52 bits per heavy atom. The van der Waals surface area contributed by atoms with Crippen LogP contribution in [0.5, 0.6) is 0 Å². The second-order valence-corrected chi connectivity index (χ2v) is 8.27. The molecule has 1 unspecified atom stereocenters. The van der Waals surface area contributed by atoms with Gasteiger partial charge >= 0.3 is 0 Å². The van der Waals surface area contributed by atoms with Crippen molar-refractivity contribution in [3.8, 4) is 0 Å². The lowest BCUT2D eigenvalue weighted by Crippen LogP contribution is -2.42. The summed E-state index contributed by atoms with van der Waals surface area (Å²) in [5, 5.41) is 2.99. The van der Waals surface area contributed by atoms with Crippen molar-refractivity contribution in [2.75, 3.05) is 26.2 Å². The number of nitrogens with zero attached hydrogens (tertiary/aromatic N) is 1. The molecule has 1 fully saturated rings. The number of amides is 1. The van der Waals surface area contributed by atoms with Crippen LogP contribution in [0.1, 0.15) is 36.8 Å². The van der Waals surface area contributed by atoms with Crippen LogP contribution in [-0.4, -0.2) is 43.0 Å². The molecule has 3 rings (SSSR count). The highest BCUT2D eigenvalue weighted by Crippen LogP contribution is 2.21. The summed E-state index contributed by atoms with van der Waals surface area (Å²) in [5.74, 6) is 0.773. The number of carbonyl (C=O) groups is 1. The zero-order valence-corrected chi connectivity index (χ0v) is 19.9. The number of benzene rings is 2. The largest absolute Gasteiger partial charge is 0.355 e. The highest BCUT2D eigenvalue weighted by Gasteiger charge is 2.19. The molecule has 172 valence electrons. The van der Waals surface area contributed by atoms with Crippen LogP contribution >= 0.6 is 24.8 Å². The Labute approximate surface area is 199 Å². The van der Waals surface area contributed by atoms with Crippen LogP contribution in [0.3, 0.4) is 0 Å². The topological polar surface area (TPSA) is 58.4 Å². The molecular formula is C25H37Cl2N3O. The van der Waals surface area contributed by atoms with Crippen LogP contribution in [0.15, 0.2) is 60.7 Å². The van der Waals surface area contributed by atoms with E-state index in [2.05, 4.69) is 40.5 Å². The summed E-state index contributed by atoms with van der Waals surface area (Å²) in [6, 6.07) is 20.3. The number of likely N-dealkylation sites (tertiary alicyclic amines) is 1. The Bertz CT molecular complexity index is 722. The van der Waals surface area contributed by atoms with Crippen molar-refractivity contribution in [2.45, 2.75) is 44.6 Å². The molecule has 2 aromatic carbocycles. The number of hydrogen-bond acceptors (Lipinski definition) is 3. The fourth-order valence-electron chi connectivity index (χ4n) is 4.13. The van der Waals surface area contributed by atoms with Crippen LogP contribution in [0.4, 0.5) is 0 Å². The lowest BCUT2D eigenvalue weighted by atomic mass is 9.90. The van der Waals surface area contributed by atoms with Gasteiger partial charge < -0.3 is 16.0 Å². The SMILES string of the molecule is Cl.Cl.NC(Cc1ccccc1)C(=O)NCCCCN1CCC(Cc2ccccc2)CC1. The van der Waals surface area contributed by atoms with Gasteiger partial charge in [-0.15, -0.1) is 24.8 Å². The van der Waals surface area contributed by atoms with E-state index < -0.39 is 6.04 Å². The normalized spacial score (nSPS) is 15.4. The van der Waals surface area contributed by atoms with Crippen molar-refractivity contribution in [1.29, 1.82) is 0 Å². The number of hydrogen-bond donors (Lipinski definition) is 2. The van der Waals surface area contributed by atoms with E-state index in [-0.39, 0.29) is 30.7 Å². The predicted molar refractivity (Wildman–Crippen MR) is 134 cm³/mol. The summed E-state index contributed by atoms with van der Waals surface area (Å²) in [5.41, 5.74) is 8.60. The molecule has 3 N–H and O–H groups in total. The van der Waals surface area contributed by atoms with Gasteiger partial charge in [0.25, 0.3) is 0 Å². The van der Waals surface area contributed by atoms with Crippen LogP contribution in [-0.2, 0) is 17.6 Å². The molecule has 6 heteroatoms. The van der Waals surface area contributed by atoms with Gasteiger partial charge in [0.2, 0.25) is 5.91 Å². The van der Waals surface area contributed by atoms with Gasteiger partial charge in [-0.1, -0.05) is 60.7 Å². The van der Waals surface area contributed by atoms with Crippen molar-refractivity contribution in [1.82, 2.24) is 10.2 Å². The lowest BCUT2D eigenvalue weighted by molar-refractivity contribution is -0.122. The molecule has 31 heavy (non-hydrogen) atoms. The highest BCUT2D eigenvalue weighted by molar-refractivity contribution is 5.85. The van der Waals surface area contributed by atoms with Crippen LogP contribution in [0, 0.1) is 5.92 Å². The minimum atomic E-state index is -0.471. The average molecular weight is 466 g/mol. The Balaban J connectivity index is 0.00000240. The van der Waals surface area contributed by atoms with Gasteiger partial charge in [0, 0.05) is 6.54 Å². The number of piperidine rings is 1. The molecule has 0 radical (unpaired) electrons. The predicted octanol–water partition coefficient (Wildman–Crippen LogP) is 4.25. The van der Waals surface area contributed by atoms with E-state index in [0.29, 0.717) is 13.0 Å². The second kappa shape index (κ2) is 15.3. The van der Waals surface area contributed by atoms with Crippen LogP contribution in [0.25, 0.3) is 0 Å². The molecule has 4 nitrogen and oxygen atoms in total. The van der Waals surface area contributed by atoms with E-state index in [9.17, 15) is 4.79 Å². The first-order chi connectivity index (χ1) is 14.2. The monoisotopic (exact) mass is 465 g/mol. The smallest absolute Gasteiger partial charge is 0.237 e. The maximum absolute atomic E-state index is 12.2. The Morgan fingerprint density at radius 1 is 0.935 bits per heavy atom. The van der Waals surface area contributed by atoms with E-state index >= 15 is 0 Å². The average Bonchev–Trinajstić information content (AvgIpc) is 2.76. The van der Waals surface area contributed by atoms with E-state index in [1.54, 1.807) is 0 Å². The Kier molecular flexibility index (Phi) is 13.5. The van der Waals surface area contributed by atoms with Gasteiger partial charge in [0.05, 0.1) is 6.04 Å². The van der Waals surface area contributed by atoms with Gasteiger partial charge in [0.15, 0.2) is 0 Å². The van der Waals surface area contributed by atoms with E-state index in [1.807, 2.05) is 30.3 Å². The second-order valence-electron chi connectivity index (χ2n) is 8.27.